The van der Waals surface area contributed by atoms with Crippen LogP contribution in [-0.2, 0) is 6.42 Å². The molecule has 0 saturated carbocycles. The summed E-state index contributed by atoms with van der Waals surface area (Å²) in [5.74, 6) is -0.314. The van der Waals surface area contributed by atoms with Gasteiger partial charge in [0.1, 0.15) is 5.82 Å². The molecular weight excluding hydrogens is 259 g/mol. The number of hydrogen-bond acceptors (Lipinski definition) is 3. The summed E-state index contributed by atoms with van der Waals surface area (Å²) in [7, 11) is 0. The van der Waals surface area contributed by atoms with Crippen LogP contribution in [-0.4, -0.2) is 4.92 Å². The van der Waals surface area contributed by atoms with Gasteiger partial charge in [-0.15, -0.1) is 0 Å². The fourth-order valence-corrected chi connectivity index (χ4v) is 2.15. The molecule has 0 amide bonds. The standard InChI is InChI=1S/C15H15FN2O2/c1-10-6-7-12(18(19)20)9-13(10)15(17)8-11-4-2-3-5-14(11)16/h2-7,9,15H,8,17H2,1H3. The van der Waals surface area contributed by atoms with Gasteiger partial charge in [-0.05, 0) is 36.1 Å². The van der Waals surface area contributed by atoms with E-state index in [4.69, 9.17) is 5.73 Å². The van der Waals surface area contributed by atoms with Crippen LogP contribution in [0, 0.1) is 22.9 Å². The Morgan fingerprint density at radius 2 is 2.00 bits per heavy atom. The van der Waals surface area contributed by atoms with Gasteiger partial charge in [-0.1, -0.05) is 24.3 Å². The zero-order chi connectivity index (χ0) is 14.7. The van der Waals surface area contributed by atoms with Gasteiger partial charge in [0.2, 0.25) is 0 Å². The lowest BCUT2D eigenvalue weighted by Crippen LogP contribution is -2.15. The predicted molar refractivity (Wildman–Crippen MR) is 74.9 cm³/mol. The lowest BCUT2D eigenvalue weighted by molar-refractivity contribution is -0.384. The molecule has 0 aliphatic heterocycles. The maximum Gasteiger partial charge on any atom is 0.269 e. The van der Waals surface area contributed by atoms with E-state index in [-0.39, 0.29) is 11.5 Å². The summed E-state index contributed by atoms with van der Waals surface area (Å²) in [6.07, 6.45) is 0.300. The summed E-state index contributed by atoms with van der Waals surface area (Å²) in [5.41, 5.74) is 8.11. The van der Waals surface area contributed by atoms with Gasteiger partial charge in [0, 0.05) is 18.2 Å². The molecule has 104 valence electrons. The van der Waals surface area contributed by atoms with E-state index in [0.717, 1.165) is 5.56 Å². The number of benzene rings is 2. The lowest BCUT2D eigenvalue weighted by Gasteiger charge is -2.15. The number of hydrogen-bond donors (Lipinski definition) is 1. The van der Waals surface area contributed by atoms with Gasteiger partial charge in [-0.25, -0.2) is 4.39 Å². The maximum absolute atomic E-state index is 13.6. The maximum atomic E-state index is 13.6. The number of rotatable bonds is 4. The van der Waals surface area contributed by atoms with Crippen LogP contribution < -0.4 is 5.73 Å². The van der Waals surface area contributed by atoms with Gasteiger partial charge in [-0.2, -0.15) is 0 Å². The lowest BCUT2D eigenvalue weighted by atomic mass is 9.95. The molecule has 0 aliphatic carbocycles. The van der Waals surface area contributed by atoms with Crippen LogP contribution in [0.2, 0.25) is 0 Å². The number of halogens is 1. The molecule has 0 heterocycles. The average molecular weight is 274 g/mol. The second-order valence-corrected chi connectivity index (χ2v) is 4.70. The second kappa shape index (κ2) is 5.79. The molecular formula is C15H15FN2O2. The zero-order valence-corrected chi connectivity index (χ0v) is 11.0. The number of nitro benzene ring substituents is 1. The topological polar surface area (TPSA) is 69.2 Å². The summed E-state index contributed by atoms with van der Waals surface area (Å²) in [6.45, 7) is 1.83. The molecule has 0 aromatic heterocycles. The van der Waals surface area contributed by atoms with Gasteiger partial charge in [-0.3, -0.25) is 10.1 Å². The van der Waals surface area contributed by atoms with E-state index in [1.54, 1.807) is 24.3 Å². The Bertz CT molecular complexity index is 644. The summed E-state index contributed by atoms with van der Waals surface area (Å²) in [4.78, 5) is 10.3. The Labute approximate surface area is 116 Å². The summed E-state index contributed by atoms with van der Waals surface area (Å²) >= 11 is 0. The van der Waals surface area contributed by atoms with Crippen LogP contribution in [0.25, 0.3) is 0 Å². The van der Waals surface area contributed by atoms with E-state index in [1.165, 1.54) is 18.2 Å². The molecule has 2 aromatic carbocycles. The monoisotopic (exact) mass is 274 g/mol. The summed E-state index contributed by atoms with van der Waals surface area (Å²) < 4.78 is 13.6. The van der Waals surface area contributed by atoms with Crippen LogP contribution in [0.4, 0.5) is 10.1 Å². The van der Waals surface area contributed by atoms with Gasteiger partial charge in [0.15, 0.2) is 0 Å². The zero-order valence-electron chi connectivity index (χ0n) is 11.0. The van der Waals surface area contributed by atoms with E-state index in [9.17, 15) is 14.5 Å². The fraction of sp³-hybridized carbons (Fsp3) is 0.200. The fourth-order valence-electron chi connectivity index (χ4n) is 2.15. The molecule has 1 unspecified atom stereocenters. The van der Waals surface area contributed by atoms with Crippen LogP contribution in [0.15, 0.2) is 42.5 Å². The number of nitrogens with zero attached hydrogens (tertiary/aromatic N) is 1. The number of non-ortho nitro benzene ring substituents is 1. The smallest absolute Gasteiger partial charge is 0.269 e. The molecule has 4 nitrogen and oxygen atoms in total. The highest BCUT2D eigenvalue weighted by molar-refractivity contribution is 5.41. The molecule has 0 bridgehead atoms. The van der Waals surface area contributed by atoms with Crippen molar-refractivity contribution in [2.45, 2.75) is 19.4 Å². The predicted octanol–water partition coefficient (Wildman–Crippen LogP) is 3.28. The average Bonchev–Trinajstić information content (AvgIpc) is 2.41. The molecule has 0 aliphatic rings. The SMILES string of the molecule is Cc1ccc([N+](=O)[O-])cc1C(N)Cc1ccccc1F. The molecule has 1 atom stereocenters. The van der Waals surface area contributed by atoms with E-state index >= 15 is 0 Å². The van der Waals surface area contributed by atoms with Crippen LogP contribution in [0.1, 0.15) is 22.7 Å². The Morgan fingerprint density at radius 3 is 2.65 bits per heavy atom. The van der Waals surface area contributed by atoms with Crippen molar-refractivity contribution in [2.75, 3.05) is 0 Å². The molecule has 0 saturated heterocycles. The molecule has 5 heteroatoms. The number of aryl methyl sites for hydroxylation is 1. The van der Waals surface area contributed by atoms with Crippen molar-refractivity contribution in [1.29, 1.82) is 0 Å². The molecule has 2 aromatic rings. The van der Waals surface area contributed by atoms with Crippen molar-refractivity contribution in [3.05, 3.63) is 75.1 Å². The normalized spacial score (nSPS) is 12.2. The molecule has 0 spiro atoms. The van der Waals surface area contributed by atoms with Crippen LogP contribution in [0.5, 0.6) is 0 Å². The van der Waals surface area contributed by atoms with E-state index < -0.39 is 11.0 Å². The third-order valence-electron chi connectivity index (χ3n) is 3.27. The summed E-state index contributed by atoms with van der Waals surface area (Å²) in [5, 5.41) is 10.8. The Hall–Kier alpha value is -2.27. The van der Waals surface area contributed by atoms with Gasteiger partial charge in [0.25, 0.3) is 5.69 Å². The van der Waals surface area contributed by atoms with Crippen molar-refractivity contribution in [3.8, 4) is 0 Å². The highest BCUT2D eigenvalue weighted by Crippen LogP contribution is 2.25. The summed E-state index contributed by atoms with van der Waals surface area (Å²) in [6, 6.07) is 10.5. The molecule has 0 radical (unpaired) electrons. The Kier molecular flexibility index (Phi) is 4.10. The first-order chi connectivity index (χ1) is 9.49. The van der Waals surface area contributed by atoms with Gasteiger partial charge in [0.05, 0.1) is 4.92 Å². The minimum absolute atomic E-state index is 0.00502. The van der Waals surface area contributed by atoms with Crippen molar-refractivity contribution >= 4 is 5.69 Å². The third kappa shape index (κ3) is 3.00. The van der Waals surface area contributed by atoms with Crippen LogP contribution in [0.3, 0.4) is 0 Å². The van der Waals surface area contributed by atoms with Crippen molar-refractivity contribution in [2.24, 2.45) is 5.73 Å². The minimum Gasteiger partial charge on any atom is -0.324 e. The van der Waals surface area contributed by atoms with Gasteiger partial charge < -0.3 is 5.73 Å². The third-order valence-corrected chi connectivity index (χ3v) is 3.27. The van der Waals surface area contributed by atoms with Gasteiger partial charge >= 0.3 is 0 Å². The van der Waals surface area contributed by atoms with E-state index in [2.05, 4.69) is 0 Å². The van der Waals surface area contributed by atoms with Crippen LogP contribution >= 0.6 is 0 Å². The van der Waals surface area contributed by atoms with Crippen molar-refractivity contribution < 1.29 is 9.31 Å². The Morgan fingerprint density at radius 1 is 1.30 bits per heavy atom. The largest absolute Gasteiger partial charge is 0.324 e. The Balaban J connectivity index is 2.29. The molecule has 2 rings (SSSR count). The van der Waals surface area contributed by atoms with Crippen molar-refractivity contribution in [3.63, 3.8) is 0 Å². The highest BCUT2D eigenvalue weighted by Gasteiger charge is 2.16. The molecule has 0 fully saturated rings. The number of nitrogens with two attached hydrogens (primary N) is 1. The number of nitro groups is 1. The second-order valence-electron chi connectivity index (χ2n) is 4.70. The first-order valence-electron chi connectivity index (χ1n) is 6.23. The first-order valence-corrected chi connectivity index (χ1v) is 6.23. The van der Waals surface area contributed by atoms with Crippen molar-refractivity contribution in [1.82, 2.24) is 0 Å². The molecule has 2 N–H and O–H groups in total. The minimum atomic E-state index is -0.480. The van der Waals surface area contributed by atoms with E-state index in [0.29, 0.717) is 17.5 Å². The highest BCUT2D eigenvalue weighted by atomic mass is 19.1. The van der Waals surface area contributed by atoms with E-state index in [1.807, 2.05) is 6.92 Å². The molecule has 20 heavy (non-hydrogen) atoms. The quantitative estimate of drug-likeness (QED) is 0.687. The first kappa shape index (κ1) is 14.1.